The first-order valence-electron chi connectivity index (χ1n) is 8.56. The standard InChI is InChI=1S/C21H17O8P.Na/c22-15-9-6-14(7-10-15)8-11-18(23)21-19(24)12-17(13-20(21)25)29-30(26,27)28-16-4-2-1-3-5-16;/h1-13,22,24-25H,(H,26,27);/q;+1/p-1. The molecule has 3 aromatic carbocycles. The normalized spacial score (nSPS) is 12.5. The van der Waals surface area contributed by atoms with Crippen LogP contribution in [0.2, 0.25) is 0 Å². The summed E-state index contributed by atoms with van der Waals surface area (Å²) in [5.41, 5.74) is 0.174. The molecule has 0 amide bonds. The fourth-order valence-corrected chi connectivity index (χ4v) is 3.27. The van der Waals surface area contributed by atoms with E-state index in [2.05, 4.69) is 0 Å². The Bertz CT molecular complexity index is 1110. The molecule has 0 aromatic heterocycles. The zero-order chi connectivity index (χ0) is 21.7. The molecule has 0 radical (unpaired) electrons. The molecular formula is C21H16NaO8P. The summed E-state index contributed by atoms with van der Waals surface area (Å²) in [6.45, 7) is 0. The molecule has 0 saturated carbocycles. The van der Waals surface area contributed by atoms with Crippen LogP contribution in [-0.4, -0.2) is 21.1 Å². The number of hydrogen-bond acceptors (Lipinski definition) is 8. The number of rotatable bonds is 7. The van der Waals surface area contributed by atoms with Crippen molar-refractivity contribution in [1.82, 2.24) is 0 Å². The van der Waals surface area contributed by atoms with Gasteiger partial charge >= 0.3 is 37.4 Å². The molecule has 1 unspecified atom stereocenters. The summed E-state index contributed by atoms with van der Waals surface area (Å²) >= 11 is 0. The van der Waals surface area contributed by atoms with Crippen LogP contribution in [0.1, 0.15) is 15.9 Å². The first-order valence-corrected chi connectivity index (χ1v) is 10.0. The summed E-state index contributed by atoms with van der Waals surface area (Å²) in [6.07, 6.45) is 2.53. The van der Waals surface area contributed by atoms with Crippen LogP contribution in [0.4, 0.5) is 0 Å². The fourth-order valence-electron chi connectivity index (χ4n) is 2.49. The van der Waals surface area contributed by atoms with Gasteiger partial charge in [0.25, 0.3) is 0 Å². The van der Waals surface area contributed by atoms with Gasteiger partial charge in [-0.3, -0.25) is 4.79 Å². The van der Waals surface area contributed by atoms with Crippen molar-refractivity contribution in [2.24, 2.45) is 0 Å². The van der Waals surface area contributed by atoms with E-state index in [4.69, 9.17) is 9.05 Å². The average Bonchev–Trinajstić information content (AvgIpc) is 2.67. The average molecular weight is 450 g/mol. The summed E-state index contributed by atoms with van der Waals surface area (Å²) in [6, 6.07) is 15.4. The second kappa shape index (κ2) is 10.5. The molecule has 1 atom stereocenters. The van der Waals surface area contributed by atoms with Gasteiger partial charge in [-0.05, 0) is 35.9 Å². The van der Waals surface area contributed by atoms with Gasteiger partial charge in [0.1, 0.15) is 34.3 Å². The number of benzene rings is 3. The monoisotopic (exact) mass is 450 g/mol. The number of allylic oxidation sites excluding steroid dienone is 1. The van der Waals surface area contributed by atoms with Gasteiger partial charge in [0.15, 0.2) is 5.78 Å². The number of phosphoric ester groups is 1. The second-order valence-electron chi connectivity index (χ2n) is 6.07. The number of hydrogen-bond donors (Lipinski definition) is 3. The van der Waals surface area contributed by atoms with Crippen molar-refractivity contribution < 1.29 is 68.2 Å². The van der Waals surface area contributed by atoms with Crippen LogP contribution in [0.25, 0.3) is 6.08 Å². The summed E-state index contributed by atoms with van der Waals surface area (Å²) in [5.74, 6) is -2.42. The smallest absolute Gasteiger partial charge is 0.736 e. The van der Waals surface area contributed by atoms with E-state index >= 15 is 0 Å². The maximum absolute atomic E-state index is 12.3. The SMILES string of the molecule is O=C(C=Cc1ccc(O)cc1)c1c(O)cc(OP(=O)([O-])Oc2ccccc2)cc1O.[Na+]. The van der Waals surface area contributed by atoms with Crippen molar-refractivity contribution in [2.75, 3.05) is 0 Å². The molecule has 3 N–H and O–H groups in total. The maximum Gasteiger partial charge on any atom is 1.00 e. The molecule has 0 saturated heterocycles. The molecule has 0 spiro atoms. The van der Waals surface area contributed by atoms with Crippen LogP contribution in [-0.2, 0) is 4.57 Å². The number of phenols is 3. The van der Waals surface area contributed by atoms with E-state index in [1.165, 1.54) is 30.3 Å². The first-order chi connectivity index (χ1) is 14.2. The topological polar surface area (TPSA) is 136 Å². The van der Waals surface area contributed by atoms with E-state index < -0.39 is 36.4 Å². The number of ketones is 1. The van der Waals surface area contributed by atoms with Gasteiger partial charge in [-0.15, -0.1) is 0 Å². The van der Waals surface area contributed by atoms with Gasteiger partial charge in [0.2, 0.25) is 0 Å². The van der Waals surface area contributed by atoms with E-state index in [0.717, 1.165) is 18.2 Å². The predicted molar refractivity (Wildman–Crippen MR) is 107 cm³/mol. The summed E-state index contributed by atoms with van der Waals surface area (Å²) in [7, 11) is -4.86. The minimum Gasteiger partial charge on any atom is -0.736 e. The van der Waals surface area contributed by atoms with Gasteiger partial charge in [0, 0.05) is 12.1 Å². The van der Waals surface area contributed by atoms with Crippen molar-refractivity contribution in [1.29, 1.82) is 0 Å². The molecule has 0 heterocycles. The van der Waals surface area contributed by atoms with Crippen molar-refractivity contribution in [3.63, 3.8) is 0 Å². The van der Waals surface area contributed by atoms with E-state index in [9.17, 15) is 29.6 Å². The zero-order valence-corrected chi connectivity index (χ0v) is 19.2. The van der Waals surface area contributed by atoms with Crippen molar-refractivity contribution in [3.8, 4) is 28.7 Å². The van der Waals surface area contributed by atoms with E-state index in [0.29, 0.717) is 5.56 Å². The van der Waals surface area contributed by atoms with Gasteiger partial charge in [-0.2, -0.15) is 0 Å². The third kappa shape index (κ3) is 6.89. The number of para-hydroxylation sites is 1. The predicted octanol–water partition coefficient (Wildman–Crippen LogP) is 0.630. The number of phosphoric acid groups is 1. The molecular weight excluding hydrogens is 434 g/mol. The number of phenolic OH excluding ortho intramolecular Hbond substituents is 3. The van der Waals surface area contributed by atoms with Gasteiger partial charge < -0.3 is 29.3 Å². The maximum atomic E-state index is 12.3. The zero-order valence-electron chi connectivity index (χ0n) is 16.3. The minimum absolute atomic E-state index is 0. The molecule has 3 aromatic rings. The molecule has 0 aliphatic heterocycles. The van der Waals surface area contributed by atoms with Crippen LogP contribution in [0.5, 0.6) is 28.7 Å². The Hall–Kier alpha value is -2.74. The number of aromatic hydroxyl groups is 3. The van der Waals surface area contributed by atoms with Crippen LogP contribution in [0, 0.1) is 0 Å². The number of carbonyl (C=O) groups is 1. The largest absolute Gasteiger partial charge is 1.00 e. The Morgan fingerprint density at radius 3 is 2.00 bits per heavy atom. The summed E-state index contributed by atoms with van der Waals surface area (Å²) in [5, 5.41) is 29.5. The molecule has 0 aliphatic rings. The van der Waals surface area contributed by atoms with Gasteiger partial charge in [0.05, 0.1) is 0 Å². The van der Waals surface area contributed by atoms with Crippen LogP contribution >= 0.6 is 7.82 Å². The Labute approximate surface area is 199 Å². The quantitative estimate of drug-likeness (QED) is 0.206. The third-order valence-electron chi connectivity index (χ3n) is 3.81. The molecule has 0 aliphatic carbocycles. The molecule has 0 fully saturated rings. The molecule has 0 bridgehead atoms. The van der Waals surface area contributed by atoms with Crippen molar-refractivity contribution >= 4 is 19.7 Å². The minimum atomic E-state index is -4.86. The van der Waals surface area contributed by atoms with E-state index in [1.807, 2.05) is 0 Å². The second-order valence-corrected chi connectivity index (χ2v) is 7.33. The molecule has 8 nitrogen and oxygen atoms in total. The Morgan fingerprint density at radius 2 is 1.42 bits per heavy atom. The van der Waals surface area contributed by atoms with Crippen molar-refractivity contribution in [3.05, 3.63) is 83.9 Å². The van der Waals surface area contributed by atoms with Crippen LogP contribution < -0.4 is 43.5 Å². The Kier molecular flexibility index (Phi) is 8.33. The Balaban J connectivity index is 0.00000341. The fraction of sp³-hybridized carbons (Fsp3) is 0. The molecule has 3 rings (SSSR count). The van der Waals surface area contributed by atoms with Gasteiger partial charge in [-0.1, -0.05) is 36.4 Å². The van der Waals surface area contributed by atoms with E-state index in [-0.39, 0.29) is 41.1 Å². The third-order valence-corrected chi connectivity index (χ3v) is 4.68. The summed E-state index contributed by atoms with van der Waals surface area (Å²) in [4.78, 5) is 24.3. The Morgan fingerprint density at radius 1 is 0.871 bits per heavy atom. The van der Waals surface area contributed by atoms with Gasteiger partial charge in [-0.25, -0.2) is 4.57 Å². The summed E-state index contributed by atoms with van der Waals surface area (Å²) < 4.78 is 21.5. The first kappa shape index (κ1) is 24.5. The van der Waals surface area contributed by atoms with Crippen LogP contribution in [0.3, 0.4) is 0 Å². The molecule has 154 valence electrons. The van der Waals surface area contributed by atoms with Crippen molar-refractivity contribution in [2.45, 2.75) is 0 Å². The molecule has 10 heteroatoms. The van der Waals surface area contributed by atoms with E-state index in [1.54, 1.807) is 30.3 Å². The number of carbonyl (C=O) groups excluding carboxylic acids is 1. The molecule has 31 heavy (non-hydrogen) atoms. The van der Waals surface area contributed by atoms with Crippen LogP contribution in [0.15, 0.2) is 72.8 Å².